The van der Waals surface area contributed by atoms with E-state index in [9.17, 15) is 8.78 Å². The summed E-state index contributed by atoms with van der Waals surface area (Å²) >= 11 is 0. The van der Waals surface area contributed by atoms with Crippen molar-refractivity contribution in [3.8, 4) is 22.4 Å². The highest BCUT2D eigenvalue weighted by molar-refractivity contribution is 5.88. The number of anilines is 1. The molecule has 0 saturated heterocycles. The molecular weight excluding hydrogens is 272 g/mol. The quantitative estimate of drug-likeness (QED) is 0.750. The third-order valence-corrected chi connectivity index (χ3v) is 3.32. The van der Waals surface area contributed by atoms with Crippen LogP contribution in [-0.4, -0.2) is 10.2 Å². The van der Waals surface area contributed by atoms with Gasteiger partial charge in [-0.1, -0.05) is 23.8 Å². The van der Waals surface area contributed by atoms with E-state index in [4.69, 9.17) is 5.73 Å². The third-order valence-electron chi connectivity index (χ3n) is 3.32. The second-order valence-corrected chi connectivity index (χ2v) is 4.85. The summed E-state index contributed by atoms with van der Waals surface area (Å²) in [5.74, 6) is -0.464. The molecule has 3 aromatic rings. The number of nitrogens with one attached hydrogen (secondary N) is 1. The summed E-state index contributed by atoms with van der Waals surface area (Å²) in [6.45, 7) is 1.88. The monoisotopic (exact) mass is 285 g/mol. The molecule has 21 heavy (non-hydrogen) atoms. The third kappa shape index (κ3) is 2.38. The molecule has 1 aromatic heterocycles. The first-order valence-corrected chi connectivity index (χ1v) is 6.42. The molecule has 3 N–H and O–H groups in total. The molecule has 1 heterocycles. The van der Waals surface area contributed by atoms with Crippen molar-refractivity contribution < 1.29 is 8.78 Å². The Bertz CT molecular complexity index is 792. The first kappa shape index (κ1) is 13.3. The molecule has 0 radical (unpaired) electrons. The number of hydrogen-bond acceptors (Lipinski definition) is 2. The minimum atomic E-state index is -0.368. The Hall–Kier alpha value is -2.69. The Balaban J connectivity index is 2.21. The summed E-state index contributed by atoms with van der Waals surface area (Å²) in [4.78, 5) is 0. The maximum absolute atomic E-state index is 14.1. The number of rotatable bonds is 2. The van der Waals surface area contributed by atoms with Gasteiger partial charge < -0.3 is 5.73 Å². The number of benzene rings is 2. The second kappa shape index (κ2) is 5.01. The lowest BCUT2D eigenvalue weighted by Crippen LogP contribution is -1.91. The topological polar surface area (TPSA) is 54.7 Å². The van der Waals surface area contributed by atoms with Crippen molar-refractivity contribution in [2.75, 3.05) is 5.73 Å². The zero-order chi connectivity index (χ0) is 15.0. The van der Waals surface area contributed by atoms with Crippen LogP contribution in [0.2, 0.25) is 0 Å². The molecule has 0 saturated carbocycles. The number of aromatic nitrogens is 2. The van der Waals surface area contributed by atoms with Gasteiger partial charge in [0, 0.05) is 5.56 Å². The van der Waals surface area contributed by atoms with Crippen LogP contribution in [0.1, 0.15) is 5.56 Å². The zero-order valence-corrected chi connectivity index (χ0v) is 11.3. The van der Waals surface area contributed by atoms with Gasteiger partial charge in [-0.3, -0.25) is 5.10 Å². The second-order valence-electron chi connectivity index (χ2n) is 4.85. The molecule has 0 aliphatic rings. The van der Waals surface area contributed by atoms with Crippen molar-refractivity contribution in [3.05, 3.63) is 59.7 Å². The average Bonchev–Trinajstić information content (AvgIpc) is 2.84. The Labute approximate surface area is 120 Å². The molecule has 0 unspecified atom stereocenters. The van der Waals surface area contributed by atoms with Gasteiger partial charge in [0.25, 0.3) is 0 Å². The number of halogens is 2. The van der Waals surface area contributed by atoms with Crippen LogP contribution in [0.5, 0.6) is 0 Å². The van der Waals surface area contributed by atoms with Crippen LogP contribution in [0, 0.1) is 18.6 Å². The fraction of sp³-hybridized carbons (Fsp3) is 0.0625. The van der Waals surface area contributed by atoms with Crippen molar-refractivity contribution >= 4 is 5.82 Å². The molecular formula is C16H13F2N3. The molecule has 0 fully saturated rings. The molecule has 3 nitrogen and oxygen atoms in total. The van der Waals surface area contributed by atoms with Crippen molar-refractivity contribution in [2.24, 2.45) is 0 Å². The molecule has 106 valence electrons. The van der Waals surface area contributed by atoms with Gasteiger partial charge in [-0.05, 0) is 36.8 Å². The smallest absolute Gasteiger partial charge is 0.153 e. The fourth-order valence-electron chi connectivity index (χ4n) is 2.29. The minimum Gasteiger partial charge on any atom is -0.382 e. The number of hydrogen-bond donors (Lipinski definition) is 2. The number of aromatic amines is 1. The summed E-state index contributed by atoms with van der Waals surface area (Å²) < 4.78 is 27.1. The lowest BCUT2D eigenvalue weighted by molar-refractivity contribution is 0.628. The summed E-state index contributed by atoms with van der Waals surface area (Å²) in [7, 11) is 0. The zero-order valence-electron chi connectivity index (χ0n) is 11.3. The van der Waals surface area contributed by atoms with Crippen LogP contribution in [0.15, 0.2) is 42.5 Å². The Morgan fingerprint density at radius 2 is 1.76 bits per heavy atom. The average molecular weight is 285 g/mol. The molecule has 0 aliphatic heterocycles. The molecule has 0 bridgehead atoms. The van der Waals surface area contributed by atoms with Crippen LogP contribution in [0.3, 0.4) is 0 Å². The molecule has 0 atom stereocenters. The molecule has 0 aliphatic carbocycles. The van der Waals surface area contributed by atoms with Gasteiger partial charge in [-0.2, -0.15) is 5.10 Å². The summed E-state index contributed by atoms with van der Waals surface area (Å²) in [6.07, 6.45) is 0. The lowest BCUT2D eigenvalue weighted by Gasteiger charge is -2.07. The van der Waals surface area contributed by atoms with Crippen molar-refractivity contribution in [1.29, 1.82) is 0 Å². The standard InChI is InChI=1S/C16H13F2N3/c1-9-2-7-13(18)12(8-9)15-14(16(19)21-20-15)10-3-5-11(17)6-4-10/h2-8H,1H3,(H3,19,20,21). The predicted molar refractivity (Wildman–Crippen MR) is 78.5 cm³/mol. The highest BCUT2D eigenvalue weighted by Crippen LogP contribution is 2.36. The van der Waals surface area contributed by atoms with E-state index in [1.165, 1.54) is 18.2 Å². The normalized spacial score (nSPS) is 10.8. The highest BCUT2D eigenvalue weighted by Gasteiger charge is 2.17. The van der Waals surface area contributed by atoms with Gasteiger partial charge in [0.05, 0.1) is 11.3 Å². The summed E-state index contributed by atoms with van der Waals surface area (Å²) in [6, 6.07) is 10.7. The van der Waals surface area contributed by atoms with Crippen LogP contribution in [0.25, 0.3) is 22.4 Å². The van der Waals surface area contributed by atoms with Gasteiger partial charge in [0.15, 0.2) is 5.82 Å². The number of H-pyrrole nitrogens is 1. The van der Waals surface area contributed by atoms with Crippen molar-refractivity contribution in [3.63, 3.8) is 0 Å². The highest BCUT2D eigenvalue weighted by atomic mass is 19.1. The van der Waals surface area contributed by atoms with E-state index in [-0.39, 0.29) is 17.5 Å². The SMILES string of the molecule is Cc1ccc(F)c(-c2[nH]nc(N)c2-c2ccc(F)cc2)c1. The van der Waals surface area contributed by atoms with E-state index in [2.05, 4.69) is 10.2 Å². The van der Waals surface area contributed by atoms with Gasteiger partial charge in [0.2, 0.25) is 0 Å². The van der Waals surface area contributed by atoms with Crippen molar-refractivity contribution in [2.45, 2.75) is 6.92 Å². The van der Waals surface area contributed by atoms with E-state index >= 15 is 0 Å². The van der Waals surface area contributed by atoms with E-state index < -0.39 is 0 Å². The molecule has 0 spiro atoms. The molecule has 3 rings (SSSR count). The minimum absolute atomic E-state index is 0.248. The summed E-state index contributed by atoms with van der Waals surface area (Å²) in [5.41, 5.74) is 8.92. The van der Waals surface area contributed by atoms with E-state index in [1.807, 2.05) is 6.92 Å². The van der Waals surface area contributed by atoms with Gasteiger partial charge >= 0.3 is 0 Å². The number of nitrogen functional groups attached to an aromatic ring is 1. The number of nitrogens with two attached hydrogens (primary N) is 1. The fourth-order valence-corrected chi connectivity index (χ4v) is 2.29. The lowest BCUT2D eigenvalue weighted by atomic mass is 9.99. The van der Waals surface area contributed by atoms with Crippen LogP contribution in [0.4, 0.5) is 14.6 Å². The first-order chi connectivity index (χ1) is 10.1. The summed E-state index contributed by atoms with van der Waals surface area (Å²) in [5, 5.41) is 6.72. The van der Waals surface area contributed by atoms with E-state index in [0.717, 1.165) is 5.56 Å². The predicted octanol–water partition coefficient (Wildman–Crippen LogP) is 3.91. The molecule has 0 amide bonds. The Morgan fingerprint density at radius 1 is 1.05 bits per heavy atom. The van der Waals surface area contributed by atoms with Gasteiger partial charge in [0.1, 0.15) is 11.6 Å². The molecule has 2 aromatic carbocycles. The molecule has 5 heteroatoms. The Morgan fingerprint density at radius 3 is 2.48 bits per heavy atom. The Kier molecular flexibility index (Phi) is 3.17. The number of aryl methyl sites for hydroxylation is 1. The van der Waals surface area contributed by atoms with Crippen molar-refractivity contribution in [1.82, 2.24) is 10.2 Å². The van der Waals surface area contributed by atoms with Gasteiger partial charge in [-0.15, -0.1) is 0 Å². The maximum atomic E-state index is 14.1. The van der Waals surface area contributed by atoms with E-state index in [0.29, 0.717) is 22.4 Å². The van der Waals surface area contributed by atoms with Gasteiger partial charge in [-0.25, -0.2) is 8.78 Å². The maximum Gasteiger partial charge on any atom is 0.153 e. The van der Waals surface area contributed by atoms with E-state index in [1.54, 1.807) is 24.3 Å². The van der Waals surface area contributed by atoms with Crippen LogP contribution >= 0.6 is 0 Å². The number of nitrogens with zero attached hydrogens (tertiary/aromatic N) is 1. The first-order valence-electron chi connectivity index (χ1n) is 6.42. The van der Waals surface area contributed by atoms with Crippen LogP contribution < -0.4 is 5.73 Å². The van der Waals surface area contributed by atoms with Crippen LogP contribution in [-0.2, 0) is 0 Å². The largest absolute Gasteiger partial charge is 0.382 e.